The molecule has 1 saturated carbocycles. The van der Waals surface area contributed by atoms with Crippen molar-refractivity contribution in [1.82, 2.24) is 14.5 Å². The summed E-state index contributed by atoms with van der Waals surface area (Å²) in [5, 5.41) is -0.0785. The molecule has 3 aromatic rings. The van der Waals surface area contributed by atoms with Crippen molar-refractivity contribution in [2.45, 2.75) is 25.3 Å². The number of rotatable bonds is 3. The largest absolute Gasteiger partial charge is 0.299 e. The second-order valence-electron chi connectivity index (χ2n) is 5.82. The Kier molecular flexibility index (Phi) is 3.53. The van der Waals surface area contributed by atoms with E-state index in [4.69, 9.17) is 12.2 Å². The highest BCUT2D eigenvalue weighted by atomic mass is 32.1. The number of pyridine rings is 1. The Bertz CT molecular complexity index is 1040. The molecule has 0 spiro atoms. The Hall–Kier alpha value is -2.41. The number of halogens is 2. The van der Waals surface area contributed by atoms with Crippen molar-refractivity contribution >= 4 is 23.3 Å². The first-order valence-corrected chi connectivity index (χ1v) is 8.00. The van der Waals surface area contributed by atoms with Gasteiger partial charge in [-0.1, -0.05) is 30.3 Å². The molecule has 4 rings (SSSR count). The molecule has 24 heavy (non-hydrogen) atoms. The number of nitrogens with zero attached hydrogens (tertiary/aromatic N) is 2. The number of hydrogen-bond donors (Lipinski definition) is 1. The van der Waals surface area contributed by atoms with E-state index in [1.165, 1.54) is 6.07 Å². The summed E-state index contributed by atoms with van der Waals surface area (Å²) in [4.78, 5) is 19.3. The number of fused-ring (bicyclic) bond motifs is 1. The highest BCUT2D eigenvalue weighted by Crippen LogP contribution is 2.38. The third-order valence-electron chi connectivity index (χ3n) is 4.14. The van der Waals surface area contributed by atoms with Crippen molar-refractivity contribution < 1.29 is 8.78 Å². The molecule has 4 nitrogen and oxygen atoms in total. The van der Waals surface area contributed by atoms with Crippen molar-refractivity contribution in [2.24, 2.45) is 0 Å². The van der Waals surface area contributed by atoms with Gasteiger partial charge in [-0.3, -0.25) is 14.3 Å². The maximum Gasteiger partial charge on any atom is 0.264 e. The molecule has 1 fully saturated rings. The Morgan fingerprint density at radius 3 is 2.58 bits per heavy atom. The summed E-state index contributed by atoms with van der Waals surface area (Å²) >= 11 is 5.23. The topological polar surface area (TPSA) is 50.7 Å². The minimum Gasteiger partial charge on any atom is -0.299 e. The summed E-state index contributed by atoms with van der Waals surface area (Å²) in [5.74, 6) is 0. The minimum atomic E-state index is -2.78. The van der Waals surface area contributed by atoms with Gasteiger partial charge in [-0.15, -0.1) is 0 Å². The SMILES string of the molecule is O=c1[nH]c(=S)n(C2CC2)c2nc(-c3ccccc3)cc(C(F)F)c12. The molecule has 0 amide bonds. The zero-order valence-corrected chi connectivity index (χ0v) is 13.3. The Morgan fingerprint density at radius 2 is 1.96 bits per heavy atom. The maximum absolute atomic E-state index is 13.6. The van der Waals surface area contributed by atoms with Crippen LogP contribution in [0.5, 0.6) is 0 Å². The van der Waals surface area contributed by atoms with Gasteiger partial charge in [0.1, 0.15) is 5.65 Å². The van der Waals surface area contributed by atoms with E-state index in [0.717, 1.165) is 18.4 Å². The second kappa shape index (κ2) is 5.59. The number of alkyl halides is 2. The van der Waals surface area contributed by atoms with Gasteiger partial charge in [0.25, 0.3) is 12.0 Å². The van der Waals surface area contributed by atoms with Crippen molar-refractivity contribution in [3.63, 3.8) is 0 Å². The number of benzene rings is 1. The average Bonchev–Trinajstić information content (AvgIpc) is 3.39. The molecule has 2 aromatic heterocycles. The molecule has 0 saturated heterocycles. The first-order chi connectivity index (χ1) is 11.6. The number of hydrogen-bond acceptors (Lipinski definition) is 3. The number of aromatic amines is 1. The van der Waals surface area contributed by atoms with Crippen LogP contribution < -0.4 is 5.56 Å². The lowest BCUT2D eigenvalue weighted by Crippen LogP contribution is -2.17. The first kappa shape index (κ1) is 15.1. The summed E-state index contributed by atoms with van der Waals surface area (Å²) in [5.41, 5.74) is 0.435. The van der Waals surface area contributed by atoms with Crippen molar-refractivity contribution in [1.29, 1.82) is 0 Å². The summed E-state index contributed by atoms with van der Waals surface area (Å²) in [7, 11) is 0. The fourth-order valence-corrected chi connectivity index (χ4v) is 3.20. The van der Waals surface area contributed by atoms with Gasteiger partial charge in [0.05, 0.1) is 11.1 Å². The van der Waals surface area contributed by atoms with Gasteiger partial charge in [-0.25, -0.2) is 13.8 Å². The fraction of sp³-hybridized carbons (Fsp3) is 0.235. The minimum absolute atomic E-state index is 0.0785. The highest BCUT2D eigenvalue weighted by Gasteiger charge is 2.28. The van der Waals surface area contributed by atoms with Gasteiger partial charge in [0.15, 0.2) is 4.77 Å². The first-order valence-electron chi connectivity index (χ1n) is 7.59. The van der Waals surface area contributed by atoms with E-state index in [0.29, 0.717) is 5.69 Å². The van der Waals surface area contributed by atoms with Crippen LogP contribution >= 0.6 is 12.2 Å². The molecule has 122 valence electrons. The lowest BCUT2D eigenvalue weighted by atomic mass is 10.1. The predicted molar refractivity (Wildman–Crippen MR) is 89.9 cm³/mol. The van der Waals surface area contributed by atoms with Gasteiger partial charge in [-0.2, -0.15) is 0 Å². The molecule has 1 N–H and O–H groups in total. The smallest absolute Gasteiger partial charge is 0.264 e. The van der Waals surface area contributed by atoms with Crippen LogP contribution in [-0.2, 0) is 0 Å². The van der Waals surface area contributed by atoms with E-state index >= 15 is 0 Å². The van der Waals surface area contributed by atoms with E-state index in [1.54, 1.807) is 16.7 Å². The lowest BCUT2D eigenvalue weighted by Gasteiger charge is -2.13. The summed E-state index contributed by atoms with van der Waals surface area (Å²) in [6.07, 6.45) is -0.976. The van der Waals surface area contributed by atoms with Gasteiger partial charge >= 0.3 is 0 Å². The quantitative estimate of drug-likeness (QED) is 0.716. The predicted octanol–water partition coefficient (Wildman–Crippen LogP) is 4.39. The van der Waals surface area contributed by atoms with Crippen LogP contribution in [0, 0.1) is 4.77 Å². The van der Waals surface area contributed by atoms with Crippen molar-refractivity contribution in [3.8, 4) is 11.3 Å². The van der Waals surface area contributed by atoms with Crippen LogP contribution in [0.2, 0.25) is 0 Å². The van der Waals surface area contributed by atoms with Crippen LogP contribution in [0.1, 0.15) is 30.9 Å². The van der Waals surface area contributed by atoms with Gasteiger partial charge in [-0.05, 0) is 31.1 Å². The van der Waals surface area contributed by atoms with Crippen LogP contribution in [-0.4, -0.2) is 14.5 Å². The van der Waals surface area contributed by atoms with Crippen LogP contribution in [0.15, 0.2) is 41.2 Å². The Balaban J connectivity index is 2.13. The summed E-state index contributed by atoms with van der Waals surface area (Å²) < 4.78 is 29.1. The fourth-order valence-electron chi connectivity index (χ4n) is 2.87. The third kappa shape index (κ3) is 2.45. The van der Waals surface area contributed by atoms with E-state index < -0.39 is 12.0 Å². The van der Waals surface area contributed by atoms with Crippen LogP contribution in [0.3, 0.4) is 0 Å². The molecule has 0 atom stereocenters. The molecule has 0 bridgehead atoms. The Morgan fingerprint density at radius 1 is 1.25 bits per heavy atom. The molecular weight excluding hydrogens is 332 g/mol. The molecule has 0 unspecified atom stereocenters. The van der Waals surface area contributed by atoms with Gasteiger partial charge < -0.3 is 0 Å². The molecular formula is C17H13F2N3OS. The van der Waals surface area contributed by atoms with E-state index in [9.17, 15) is 13.6 Å². The zero-order valence-electron chi connectivity index (χ0n) is 12.5. The van der Waals surface area contributed by atoms with Gasteiger partial charge in [0.2, 0.25) is 0 Å². The third-order valence-corrected chi connectivity index (χ3v) is 4.44. The molecule has 0 aliphatic heterocycles. The Labute approximate surface area is 140 Å². The monoisotopic (exact) mass is 345 g/mol. The molecule has 7 heteroatoms. The van der Waals surface area contributed by atoms with E-state index in [2.05, 4.69) is 9.97 Å². The summed E-state index contributed by atoms with van der Waals surface area (Å²) in [6, 6.07) is 10.5. The normalized spacial score (nSPS) is 14.5. The number of aromatic nitrogens is 3. The maximum atomic E-state index is 13.6. The molecule has 1 aliphatic carbocycles. The molecule has 0 radical (unpaired) electrons. The lowest BCUT2D eigenvalue weighted by molar-refractivity contribution is 0.153. The standard InChI is InChI=1S/C17H13F2N3OS/c18-14(19)11-8-12(9-4-2-1-3-5-9)20-15-13(11)16(23)21-17(24)22(15)10-6-7-10/h1-5,8,10,14H,6-7H2,(H,21,23,24). The zero-order chi connectivity index (χ0) is 16.8. The van der Waals surface area contributed by atoms with Crippen molar-refractivity contribution in [3.05, 3.63) is 57.1 Å². The van der Waals surface area contributed by atoms with E-state index in [1.807, 2.05) is 18.2 Å². The van der Waals surface area contributed by atoms with Crippen LogP contribution in [0.4, 0.5) is 8.78 Å². The summed E-state index contributed by atoms with van der Waals surface area (Å²) in [6.45, 7) is 0. The molecule has 1 aromatic carbocycles. The molecule has 1 aliphatic rings. The van der Waals surface area contributed by atoms with Gasteiger partial charge in [0, 0.05) is 17.2 Å². The van der Waals surface area contributed by atoms with Crippen LogP contribution in [0.25, 0.3) is 22.3 Å². The number of nitrogens with one attached hydrogen (secondary N) is 1. The van der Waals surface area contributed by atoms with Crippen molar-refractivity contribution in [2.75, 3.05) is 0 Å². The van der Waals surface area contributed by atoms with E-state index in [-0.39, 0.29) is 27.4 Å². The second-order valence-corrected chi connectivity index (χ2v) is 6.21. The average molecular weight is 345 g/mol. The molecule has 2 heterocycles. The highest BCUT2D eigenvalue weighted by molar-refractivity contribution is 7.71. The number of H-pyrrole nitrogens is 1.